The molecule has 0 aromatic heterocycles. The summed E-state index contributed by atoms with van der Waals surface area (Å²) in [6, 6.07) is 9.89. The highest BCUT2D eigenvalue weighted by molar-refractivity contribution is 6.90. The maximum absolute atomic E-state index is 12.8. The lowest BCUT2D eigenvalue weighted by Crippen LogP contribution is -2.43. The molecular formula is C28H38O4Si. The second kappa shape index (κ2) is 11.0. The molecule has 1 fully saturated rings. The van der Waals surface area contributed by atoms with Crippen LogP contribution in [0.1, 0.15) is 59.9 Å². The molecule has 178 valence electrons. The first-order valence-electron chi connectivity index (χ1n) is 11.7. The Morgan fingerprint density at radius 3 is 1.82 bits per heavy atom. The molecule has 2 rings (SSSR count). The molecule has 1 saturated carbocycles. The van der Waals surface area contributed by atoms with Crippen LogP contribution in [0.15, 0.2) is 47.6 Å². The monoisotopic (exact) mass is 466 g/mol. The van der Waals surface area contributed by atoms with E-state index in [-0.39, 0.29) is 12.8 Å². The molecule has 1 aliphatic carbocycles. The molecule has 0 N–H and O–H groups in total. The number of ether oxygens (including phenoxy) is 2. The zero-order valence-corrected chi connectivity index (χ0v) is 22.3. The van der Waals surface area contributed by atoms with Crippen LogP contribution in [0.4, 0.5) is 0 Å². The van der Waals surface area contributed by atoms with Gasteiger partial charge >= 0.3 is 11.9 Å². The molecule has 1 aromatic carbocycles. The van der Waals surface area contributed by atoms with Gasteiger partial charge in [-0.1, -0.05) is 83.9 Å². The van der Waals surface area contributed by atoms with Crippen LogP contribution >= 0.6 is 0 Å². The smallest absolute Gasteiger partial charge is 0.323 e. The maximum Gasteiger partial charge on any atom is 0.323 e. The number of hydrogen-bond donors (Lipinski definition) is 0. The Balaban J connectivity index is 2.64. The SMILES string of the molecule is COC(=O)C1(C(=O)OC)CC(=C\C#C[Si](C(C)C)(C(C)C)C(C)C)/C(=C/c2ccccc2)C1. The Bertz CT molecular complexity index is 936. The summed E-state index contributed by atoms with van der Waals surface area (Å²) in [5, 5.41) is 0. The van der Waals surface area contributed by atoms with Gasteiger partial charge in [0.05, 0.1) is 14.2 Å². The van der Waals surface area contributed by atoms with E-state index in [0.29, 0.717) is 16.6 Å². The van der Waals surface area contributed by atoms with E-state index < -0.39 is 25.4 Å². The van der Waals surface area contributed by atoms with Crippen molar-refractivity contribution in [3.8, 4) is 11.5 Å². The van der Waals surface area contributed by atoms with Crippen LogP contribution in [0.5, 0.6) is 0 Å². The lowest BCUT2D eigenvalue weighted by atomic mass is 9.85. The van der Waals surface area contributed by atoms with Crippen molar-refractivity contribution in [2.24, 2.45) is 5.41 Å². The van der Waals surface area contributed by atoms with Crippen molar-refractivity contribution in [1.82, 2.24) is 0 Å². The number of hydrogen-bond acceptors (Lipinski definition) is 4. The van der Waals surface area contributed by atoms with Crippen molar-refractivity contribution in [3.05, 3.63) is 53.1 Å². The van der Waals surface area contributed by atoms with E-state index in [0.717, 1.165) is 16.7 Å². The fourth-order valence-corrected chi connectivity index (χ4v) is 10.6. The van der Waals surface area contributed by atoms with Gasteiger partial charge in [-0.2, -0.15) is 0 Å². The first kappa shape index (κ1) is 26.7. The van der Waals surface area contributed by atoms with E-state index in [2.05, 4.69) is 53.0 Å². The Labute approximate surface area is 200 Å². The lowest BCUT2D eigenvalue weighted by molar-refractivity contribution is -0.168. The van der Waals surface area contributed by atoms with Crippen LogP contribution in [-0.2, 0) is 19.1 Å². The average Bonchev–Trinajstić information content (AvgIpc) is 3.14. The lowest BCUT2D eigenvalue weighted by Gasteiger charge is -2.38. The third-order valence-corrected chi connectivity index (χ3v) is 13.4. The van der Waals surface area contributed by atoms with Crippen molar-refractivity contribution < 1.29 is 19.1 Å². The van der Waals surface area contributed by atoms with Crippen LogP contribution in [0.25, 0.3) is 6.08 Å². The molecule has 0 spiro atoms. The Morgan fingerprint density at radius 2 is 1.36 bits per heavy atom. The second-order valence-electron chi connectivity index (χ2n) is 9.84. The summed E-state index contributed by atoms with van der Waals surface area (Å²) in [6.07, 6.45) is 4.39. The van der Waals surface area contributed by atoms with Crippen LogP contribution in [0.3, 0.4) is 0 Å². The van der Waals surface area contributed by atoms with Gasteiger partial charge < -0.3 is 9.47 Å². The number of allylic oxidation sites excluding steroid dienone is 3. The van der Waals surface area contributed by atoms with Crippen molar-refractivity contribution in [1.29, 1.82) is 0 Å². The summed E-state index contributed by atoms with van der Waals surface area (Å²) >= 11 is 0. The maximum atomic E-state index is 12.8. The van der Waals surface area contributed by atoms with E-state index in [1.807, 2.05) is 42.5 Å². The zero-order valence-electron chi connectivity index (χ0n) is 21.3. The highest BCUT2D eigenvalue weighted by Crippen LogP contribution is 2.47. The standard InChI is InChI=1S/C28H38O4Si/c1-20(2)33(21(3)4,22(5)6)16-12-15-24-18-28(26(29)31-7,27(30)32-8)19-25(24)17-23-13-10-9-11-14-23/h9-11,13-15,17,20-22H,18-19H2,1-8H3/b24-15+,25-17+. The van der Waals surface area contributed by atoms with Gasteiger partial charge in [-0.05, 0) is 45.8 Å². The van der Waals surface area contributed by atoms with Gasteiger partial charge in [0.25, 0.3) is 0 Å². The number of benzene rings is 1. The third-order valence-electron chi connectivity index (χ3n) is 7.09. The number of carbonyl (C=O) groups is 2. The molecular weight excluding hydrogens is 428 g/mol. The van der Waals surface area contributed by atoms with E-state index in [1.165, 1.54) is 14.2 Å². The Kier molecular flexibility index (Phi) is 8.91. The van der Waals surface area contributed by atoms with Gasteiger partial charge in [-0.25, -0.2) is 0 Å². The molecule has 0 amide bonds. The van der Waals surface area contributed by atoms with Crippen molar-refractivity contribution in [3.63, 3.8) is 0 Å². The molecule has 0 aliphatic heterocycles. The highest BCUT2D eigenvalue weighted by atomic mass is 28.3. The highest BCUT2D eigenvalue weighted by Gasteiger charge is 2.53. The predicted octanol–water partition coefficient (Wildman–Crippen LogP) is 6.34. The molecule has 1 aromatic rings. The largest absolute Gasteiger partial charge is 0.468 e. The molecule has 0 heterocycles. The van der Waals surface area contributed by atoms with Gasteiger partial charge in [0.2, 0.25) is 0 Å². The van der Waals surface area contributed by atoms with Gasteiger partial charge in [-0.15, -0.1) is 5.54 Å². The number of rotatable bonds is 6. The first-order valence-corrected chi connectivity index (χ1v) is 13.9. The van der Waals surface area contributed by atoms with Gasteiger partial charge in [0.15, 0.2) is 5.41 Å². The predicted molar refractivity (Wildman–Crippen MR) is 137 cm³/mol. The minimum absolute atomic E-state index is 0.222. The van der Waals surface area contributed by atoms with Gasteiger partial charge in [0.1, 0.15) is 8.07 Å². The van der Waals surface area contributed by atoms with Crippen molar-refractivity contribution >= 4 is 26.1 Å². The summed E-state index contributed by atoms with van der Waals surface area (Å²) in [7, 11) is 0.720. The fraction of sp³-hybridized carbons (Fsp3) is 0.500. The molecule has 33 heavy (non-hydrogen) atoms. The van der Waals surface area contributed by atoms with Crippen LogP contribution in [0.2, 0.25) is 16.6 Å². The normalized spacial score (nSPS) is 18.0. The molecule has 0 atom stereocenters. The van der Waals surface area contributed by atoms with Crippen LogP contribution in [-0.4, -0.2) is 34.2 Å². The summed E-state index contributed by atoms with van der Waals surface area (Å²) < 4.78 is 10.1. The van der Waals surface area contributed by atoms with E-state index in [4.69, 9.17) is 9.47 Å². The Morgan fingerprint density at radius 1 is 0.879 bits per heavy atom. The summed E-state index contributed by atoms with van der Waals surface area (Å²) in [5.41, 5.74) is 6.72. The molecule has 5 heteroatoms. The molecule has 0 unspecified atom stereocenters. The number of carbonyl (C=O) groups excluding carboxylic acids is 2. The van der Waals surface area contributed by atoms with Crippen molar-refractivity contribution in [2.45, 2.75) is 71.0 Å². The van der Waals surface area contributed by atoms with Crippen molar-refractivity contribution in [2.75, 3.05) is 14.2 Å². The first-order chi connectivity index (χ1) is 15.5. The molecule has 0 radical (unpaired) electrons. The molecule has 0 saturated heterocycles. The van der Waals surface area contributed by atoms with Gasteiger partial charge in [-0.3, -0.25) is 9.59 Å². The van der Waals surface area contributed by atoms with Gasteiger partial charge in [0, 0.05) is 6.42 Å². The third kappa shape index (κ3) is 5.33. The summed E-state index contributed by atoms with van der Waals surface area (Å²) in [4.78, 5) is 25.5. The van der Waals surface area contributed by atoms with E-state index in [9.17, 15) is 9.59 Å². The topological polar surface area (TPSA) is 52.6 Å². The molecule has 0 bridgehead atoms. The van der Waals surface area contributed by atoms with E-state index in [1.54, 1.807) is 0 Å². The second-order valence-corrected chi connectivity index (χ2v) is 15.4. The van der Waals surface area contributed by atoms with Crippen LogP contribution < -0.4 is 0 Å². The zero-order chi connectivity index (χ0) is 24.8. The fourth-order valence-electron chi connectivity index (χ4n) is 5.42. The minimum Gasteiger partial charge on any atom is -0.468 e. The number of methoxy groups -OCH3 is 2. The summed E-state index contributed by atoms with van der Waals surface area (Å²) in [6.45, 7) is 13.7. The average molecular weight is 467 g/mol. The number of esters is 2. The minimum atomic E-state index is -1.90. The quantitative estimate of drug-likeness (QED) is 0.212. The molecule has 1 aliphatic rings. The van der Waals surface area contributed by atoms with Crippen LogP contribution in [0, 0.1) is 16.9 Å². The van der Waals surface area contributed by atoms with E-state index >= 15 is 0 Å². The molecule has 4 nitrogen and oxygen atoms in total. The Hall–Kier alpha value is -2.58. The summed E-state index contributed by atoms with van der Waals surface area (Å²) in [5.74, 6) is 2.25.